The standard InChI is InChI=1S/C19H20N4O2/c20-11-4-3-10-17(24)21-14-7-5-6-13(12-14)18-15-8-1-2-9-16(15)19(25)23-22-18/h1-2,5-9,12H,3-4,10-11,20H2,(H,21,24)(H,23,25). The quantitative estimate of drug-likeness (QED) is 0.602. The largest absolute Gasteiger partial charge is 0.330 e. The number of nitrogens with zero attached hydrogens (tertiary/aromatic N) is 1. The number of fused-ring (bicyclic) bond motifs is 1. The second kappa shape index (κ2) is 7.72. The molecule has 1 amide bonds. The van der Waals surface area contributed by atoms with Gasteiger partial charge in [-0.15, -0.1) is 0 Å². The number of H-pyrrole nitrogens is 1. The van der Waals surface area contributed by atoms with Crippen molar-refractivity contribution in [3.63, 3.8) is 0 Å². The van der Waals surface area contributed by atoms with E-state index in [0.717, 1.165) is 23.8 Å². The molecule has 1 aromatic heterocycles. The molecule has 0 fully saturated rings. The van der Waals surface area contributed by atoms with E-state index in [9.17, 15) is 9.59 Å². The van der Waals surface area contributed by atoms with Crippen LogP contribution in [0.3, 0.4) is 0 Å². The van der Waals surface area contributed by atoms with E-state index in [0.29, 0.717) is 29.7 Å². The lowest BCUT2D eigenvalue weighted by atomic mass is 10.0. The smallest absolute Gasteiger partial charge is 0.272 e. The first kappa shape index (κ1) is 16.9. The Kier molecular flexibility index (Phi) is 5.20. The fourth-order valence-corrected chi connectivity index (χ4v) is 2.73. The van der Waals surface area contributed by atoms with Gasteiger partial charge < -0.3 is 11.1 Å². The highest BCUT2D eigenvalue weighted by molar-refractivity contribution is 5.95. The maximum atomic E-state index is 12.0. The molecule has 6 nitrogen and oxygen atoms in total. The highest BCUT2D eigenvalue weighted by Gasteiger charge is 2.09. The highest BCUT2D eigenvalue weighted by Crippen LogP contribution is 2.26. The summed E-state index contributed by atoms with van der Waals surface area (Å²) in [6.07, 6.45) is 2.05. The third-order valence-electron chi connectivity index (χ3n) is 3.97. The zero-order chi connectivity index (χ0) is 17.6. The van der Waals surface area contributed by atoms with Gasteiger partial charge in [-0.25, -0.2) is 5.10 Å². The van der Waals surface area contributed by atoms with Crippen LogP contribution in [0.25, 0.3) is 22.0 Å². The van der Waals surface area contributed by atoms with Gasteiger partial charge in [0, 0.05) is 23.1 Å². The Morgan fingerprint density at radius 3 is 2.68 bits per heavy atom. The first-order valence-electron chi connectivity index (χ1n) is 8.27. The van der Waals surface area contributed by atoms with Gasteiger partial charge in [-0.2, -0.15) is 5.10 Å². The summed E-state index contributed by atoms with van der Waals surface area (Å²) in [5, 5.41) is 11.0. The number of hydrogen-bond acceptors (Lipinski definition) is 4. The topological polar surface area (TPSA) is 101 Å². The van der Waals surface area contributed by atoms with Gasteiger partial charge in [0.25, 0.3) is 5.56 Å². The average Bonchev–Trinajstić information content (AvgIpc) is 2.63. The molecule has 0 aliphatic carbocycles. The van der Waals surface area contributed by atoms with Crippen molar-refractivity contribution in [1.29, 1.82) is 0 Å². The normalized spacial score (nSPS) is 10.8. The lowest BCUT2D eigenvalue weighted by molar-refractivity contribution is -0.116. The molecule has 3 rings (SSSR count). The summed E-state index contributed by atoms with van der Waals surface area (Å²) in [4.78, 5) is 23.9. The summed E-state index contributed by atoms with van der Waals surface area (Å²) >= 11 is 0. The Morgan fingerprint density at radius 1 is 1.08 bits per heavy atom. The van der Waals surface area contributed by atoms with E-state index in [1.54, 1.807) is 6.07 Å². The van der Waals surface area contributed by atoms with Crippen molar-refractivity contribution in [2.45, 2.75) is 19.3 Å². The number of unbranched alkanes of at least 4 members (excludes halogenated alkanes) is 1. The van der Waals surface area contributed by atoms with Crippen LogP contribution in [0.1, 0.15) is 19.3 Å². The molecule has 0 saturated heterocycles. The minimum absolute atomic E-state index is 0.0371. The van der Waals surface area contributed by atoms with Gasteiger partial charge in [0.1, 0.15) is 0 Å². The first-order chi connectivity index (χ1) is 12.2. The Labute approximate surface area is 145 Å². The molecule has 2 aromatic carbocycles. The number of anilines is 1. The van der Waals surface area contributed by atoms with E-state index in [-0.39, 0.29) is 11.5 Å². The number of hydrogen-bond donors (Lipinski definition) is 3. The van der Waals surface area contributed by atoms with Crippen LogP contribution in [0.2, 0.25) is 0 Å². The van der Waals surface area contributed by atoms with Gasteiger partial charge in [-0.05, 0) is 37.6 Å². The van der Waals surface area contributed by atoms with Crippen LogP contribution in [0.15, 0.2) is 53.3 Å². The molecule has 1 heterocycles. The van der Waals surface area contributed by atoms with E-state index in [1.807, 2.05) is 42.5 Å². The molecule has 0 atom stereocenters. The van der Waals surface area contributed by atoms with Gasteiger partial charge in [0.15, 0.2) is 0 Å². The summed E-state index contributed by atoms with van der Waals surface area (Å²) in [5.74, 6) is -0.0371. The maximum Gasteiger partial charge on any atom is 0.272 e. The Balaban J connectivity index is 1.89. The van der Waals surface area contributed by atoms with Crippen LogP contribution < -0.4 is 16.6 Å². The lowest BCUT2D eigenvalue weighted by Gasteiger charge is -2.09. The van der Waals surface area contributed by atoms with Crippen molar-refractivity contribution < 1.29 is 4.79 Å². The Hall–Kier alpha value is -2.99. The van der Waals surface area contributed by atoms with Crippen molar-refractivity contribution in [2.75, 3.05) is 11.9 Å². The molecule has 3 aromatic rings. The van der Waals surface area contributed by atoms with Crippen molar-refractivity contribution in [2.24, 2.45) is 5.73 Å². The molecule has 0 aliphatic heterocycles. The predicted octanol–water partition coefficient (Wildman–Crippen LogP) is 2.66. The molecule has 0 unspecified atom stereocenters. The zero-order valence-electron chi connectivity index (χ0n) is 13.8. The summed E-state index contributed by atoms with van der Waals surface area (Å²) in [6.45, 7) is 0.591. The van der Waals surface area contributed by atoms with E-state index in [1.165, 1.54) is 0 Å². The van der Waals surface area contributed by atoms with Crippen LogP contribution in [0.4, 0.5) is 5.69 Å². The molecule has 4 N–H and O–H groups in total. The molecule has 0 aliphatic rings. The van der Waals surface area contributed by atoms with E-state index >= 15 is 0 Å². The maximum absolute atomic E-state index is 12.0. The molecule has 0 radical (unpaired) electrons. The molecule has 6 heteroatoms. The molecule has 0 spiro atoms. The van der Waals surface area contributed by atoms with Gasteiger partial charge >= 0.3 is 0 Å². The van der Waals surface area contributed by atoms with Crippen molar-refractivity contribution in [3.8, 4) is 11.3 Å². The highest BCUT2D eigenvalue weighted by atomic mass is 16.1. The predicted molar refractivity (Wildman–Crippen MR) is 99.3 cm³/mol. The summed E-state index contributed by atoms with van der Waals surface area (Å²) in [5.41, 5.74) is 7.43. The monoisotopic (exact) mass is 336 g/mol. The van der Waals surface area contributed by atoms with Crippen LogP contribution in [-0.2, 0) is 4.79 Å². The van der Waals surface area contributed by atoms with Crippen LogP contribution >= 0.6 is 0 Å². The SMILES string of the molecule is NCCCCC(=O)Nc1cccc(-c2n[nH]c(=O)c3ccccc23)c1. The number of nitrogens with two attached hydrogens (primary N) is 1. The van der Waals surface area contributed by atoms with E-state index in [2.05, 4.69) is 15.5 Å². The van der Waals surface area contributed by atoms with Crippen molar-refractivity contribution >= 4 is 22.4 Å². The number of benzene rings is 2. The fraction of sp³-hybridized carbons (Fsp3) is 0.211. The third kappa shape index (κ3) is 3.92. The van der Waals surface area contributed by atoms with E-state index < -0.39 is 0 Å². The van der Waals surface area contributed by atoms with Gasteiger partial charge in [0.2, 0.25) is 5.91 Å². The third-order valence-corrected chi connectivity index (χ3v) is 3.97. The van der Waals surface area contributed by atoms with Crippen LogP contribution in [0.5, 0.6) is 0 Å². The molecular weight excluding hydrogens is 316 g/mol. The number of aromatic amines is 1. The van der Waals surface area contributed by atoms with Crippen LogP contribution in [0, 0.1) is 0 Å². The lowest BCUT2D eigenvalue weighted by Crippen LogP contribution is -2.12. The zero-order valence-corrected chi connectivity index (χ0v) is 13.8. The van der Waals surface area contributed by atoms with Crippen molar-refractivity contribution in [3.05, 3.63) is 58.9 Å². The Bertz CT molecular complexity index is 949. The number of amides is 1. The average molecular weight is 336 g/mol. The number of aromatic nitrogens is 2. The molecule has 0 saturated carbocycles. The second-order valence-corrected chi connectivity index (χ2v) is 5.82. The van der Waals surface area contributed by atoms with Crippen molar-refractivity contribution in [1.82, 2.24) is 10.2 Å². The fourth-order valence-electron chi connectivity index (χ4n) is 2.73. The molecular formula is C19H20N4O2. The van der Waals surface area contributed by atoms with Gasteiger partial charge in [-0.3, -0.25) is 9.59 Å². The second-order valence-electron chi connectivity index (χ2n) is 5.82. The first-order valence-corrected chi connectivity index (χ1v) is 8.27. The molecule has 25 heavy (non-hydrogen) atoms. The molecule has 0 bridgehead atoms. The van der Waals surface area contributed by atoms with Gasteiger partial charge in [-0.1, -0.05) is 30.3 Å². The van der Waals surface area contributed by atoms with Crippen LogP contribution in [-0.4, -0.2) is 22.6 Å². The summed E-state index contributed by atoms with van der Waals surface area (Å²) in [6, 6.07) is 14.8. The minimum Gasteiger partial charge on any atom is -0.330 e. The summed E-state index contributed by atoms with van der Waals surface area (Å²) < 4.78 is 0. The summed E-state index contributed by atoms with van der Waals surface area (Å²) in [7, 11) is 0. The molecule has 128 valence electrons. The number of nitrogens with one attached hydrogen (secondary N) is 2. The van der Waals surface area contributed by atoms with Gasteiger partial charge in [0.05, 0.1) is 11.1 Å². The Morgan fingerprint density at radius 2 is 1.88 bits per heavy atom. The number of rotatable bonds is 6. The minimum atomic E-state index is -0.219. The number of carbonyl (C=O) groups excluding carboxylic acids is 1. The van der Waals surface area contributed by atoms with E-state index in [4.69, 9.17) is 5.73 Å². The number of carbonyl (C=O) groups is 1.